The number of benzene rings is 2. The molecule has 8 heteroatoms. The average Bonchev–Trinajstić information content (AvgIpc) is 3.51. The van der Waals surface area contributed by atoms with Crippen LogP contribution >= 0.6 is 0 Å². The van der Waals surface area contributed by atoms with Crippen LogP contribution in [-0.2, 0) is 0 Å². The van der Waals surface area contributed by atoms with E-state index in [1.807, 2.05) is 6.92 Å². The molecule has 0 saturated heterocycles. The number of amides is 1. The molecule has 3 aromatic rings. The number of hydrogen-bond acceptors (Lipinski definition) is 4. The summed E-state index contributed by atoms with van der Waals surface area (Å²) in [6.07, 6.45) is -3.24. The molecule has 2 aromatic carbocycles. The summed E-state index contributed by atoms with van der Waals surface area (Å²) in [6, 6.07) is 8.67. The minimum absolute atomic E-state index is 0.0988. The molecule has 0 bridgehead atoms. The van der Waals surface area contributed by atoms with Crippen LogP contribution in [0, 0.1) is 6.92 Å². The van der Waals surface area contributed by atoms with Gasteiger partial charge in [-0.05, 0) is 67.6 Å². The third kappa shape index (κ3) is 4.22. The minimum Gasteiger partial charge on any atom is -0.463 e. The van der Waals surface area contributed by atoms with Crippen molar-refractivity contribution >= 4 is 16.7 Å². The van der Waals surface area contributed by atoms with Gasteiger partial charge in [0.2, 0.25) is 5.88 Å². The third-order valence-electron chi connectivity index (χ3n) is 4.98. The summed E-state index contributed by atoms with van der Waals surface area (Å²) in [5, 5.41) is 11.3. The van der Waals surface area contributed by atoms with Crippen molar-refractivity contribution in [2.24, 2.45) is 0 Å². The van der Waals surface area contributed by atoms with Crippen molar-refractivity contribution < 1.29 is 24.1 Å². The fourth-order valence-electron chi connectivity index (χ4n) is 3.03. The number of nitrogens with zero attached hydrogens (tertiary/aromatic N) is 2. The van der Waals surface area contributed by atoms with Crippen LogP contribution in [0.15, 0.2) is 42.6 Å². The molecular weight excluding hydrogens is 395 g/mol. The van der Waals surface area contributed by atoms with E-state index in [0.717, 1.165) is 25.3 Å². The highest BCUT2D eigenvalue weighted by molar-refractivity contribution is 5.97. The fourth-order valence-corrected chi connectivity index (χ4v) is 3.03. The van der Waals surface area contributed by atoms with Gasteiger partial charge in [0.1, 0.15) is 0 Å². The highest BCUT2D eigenvalue weighted by Crippen LogP contribution is 2.32. The van der Waals surface area contributed by atoms with Gasteiger partial charge in [-0.1, -0.05) is 12.1 Å². The Morgan fingerprint density at radius 1 is 1.30 bits per heavy atom. The van der Waals surface area contributed by atoms with Crippen molar-refractivity contribution in [2.45, 2.75) is 45.0 Å². The molecule has 0 radical (unpaired) electrons. The lowest BCUT2D eigenvalue weighted by atomic mass is 9.96. The summed E-state index contributed by atoms with van der Waals surface area (Å²) in [6.45, 7) is 2.74. The van der Waals surface area contributed by atoms with Crippen LogP contribution in [0.2, 0.25) is 0 Å². The molecule has 30 heavy (non-hydrogen) atoms. The highest BCUT2D eigenvalue weighted by Gasteiger charge is 2.38. The molecule has 1 N–H and O–H groups in total. The number of carbonyl (C=O) groups is 1. The summed E-state index contributed by atoms with van der Waals surface area (Å²) in [4.78, 5) is 12.5. The predicted molar refractivity (Wildman–Crippen MR) is 106 cm³/mol. The number of aryl methyl sites for hydroxylation is 1. The Kier molecular flexibility index (Phi) is 4.77. The molecule has 0 spiro atoms. The van der Waals surface area contributed by atoms with Crippen molar-refractivity contribution in [3.63, 3.8) is 0 Å². The molecule has 4 rings (SSSR count). The highest BCUT2D eigenvalue weighted by atomic mass is 19.4. The van der Waals surface area contributed by atoms with Crippen LogP contribution in [-0.4, -0.2) is 34.4 Å². The molecule has 1 fully saturated rings. The maximum atomic E-state index is 12.9. The predicted octanol–water partition coefficient (Wildman–Crippen LogP) is 4.83. The van der Waals surface area contributed by atoms with Crippen LogP contribution in [0.4, 0.5) is 13.2 Å². The maximum absolute atomic E-state index is 12.9. The standard InChI is InChI=1S/C22H20F3N3O2/c1-12-3-4-15(20(29)27-17-6-7-17)10-19(12)14-5-8-18-16(9-14)11-26-28-21(18)30-13(2)22(23,24)25/h3-5,8-11,13,17H,6-7H2,1-2H3,(H,27,29)/i10D. The quantitative estimate of drug-likeness (QED) is 0.647. The molecule has 0 aliphatic heterocycles. The molecule has 1 unspecified atom stereocenters. The zero-order valence-electron chi connectivity index (χ0n) is 17.4. The summed E-state index contributed by atoms with van der Waals surface area (Å²) < 4.78 is 52.2. The number of fused-ring (bicyclic) bond motifs is 1. The monoisotopic (exact) mass is 416 g/mol. The number of ether oxygens (including phenoxy) is 1. The topological polar surface area (TPSA) is 64.1 Å². The van der Waals surface area contributed by atoms with E-state index in [1.165, 1.54) is 6.20 Å². The van der Waals surface area contributed by atoms with Gasteiger partial charge in [0.05, 0.1) is 7.57 Å². The third-order valence-corrected chi connectivity index (χ3v) is 4.98. The van der Waals surface area contributed by atoms with Crippen LogP contribution in [0.1, 0.15) is 37.1 Å². The number of halogens is 3. The van der Waals surface area contributed by atoms with Gasteiger partial charge >= 0.3 is 6.18 Å². The zero-order valence-corrected chi connectivity index (χ0v) is 16.4. The Bertz CT molecular complexity index is 1160. The molecule has 1 aliphatic carbocycles. The second kappa shape index (κ2) is 7.59. The molecule has 1 atom stereocenters. The van der Waals surface area contributed by atoms with Crippen LogP contribution in [0.3, 0.4) is 0 Å². The molecule has 5 nitrogen and oxygen atoms in total. The largest absolute Gasteiger partial charge is 0.463 e. The first-order valence-corrected chi connectivity index (χ1v) is 9.55. The second-order valence-electron chi connectivity index (χ2n) is 7.43. The Morgan fingerprint density at radius 3 is 2.77 bits per heavy atom. The van der Waals surface area contributed by atoms with Crippen molar-refractivity contribution in [3.05, 3.63) is 53.7 Å². The van der Waals surface area contributed by atoms with E-state index >= 15 is 0 Å². The molecular formula is C22H20F3N3O2. The van der Waals surface area contributed by atoms with Gasteiger partial charge in [0.25, 0.3) is 5.91 Å². The van der Waals surface area contributed by atoms with Gasteiger partial charge in [0.15, 0.2) is 6.10 Å². The Morgan fingerprint density at radius 2 is 2.07 bits per heavy atom. The van der Waals surface area contributed by atoms with E-state index in [2.05, 4.69) is 15.5 Å². The zero-order chi connectivity index (χ0) is 22.3. The smallest absolute Gasteiger partial charge is 0.425 e. The van der Waals surface area contributed by atoms with E-state index in [1.54, 1.807) is 30.3 Å². The minimum atomic E-state index is -4.53. The Hall–Kier alpha value is -3.16. The van der Waals surface area contributed by atoms with Gasteiger partial charge in [-0.15, -0.1) is 5.10 Å². The van der Waals surface area contributed by atoms with Gasteiger partial charge in [0, 0.05) is 22.4 Å². The van der Waals surface area contributed by atoms with E-state index < -0.39 is 12.3 Å². The van der Waals surface area contributed by atoms with Gasteiger partial charge in [-0.25, -0.2) is 0 Å². The van der Waals surface area contributed by atoms with Gasteiger partial charge in [-0.3, -0.25) is 4.79 Å². The van der Waals surface area contributed by atoms with E-state index in [0.29, 0.717) is 21.9 Å². The van der Waals surface area contributed by atoms with Crippen molar-refractivity contribution in [1.82, 2.24) is 15.5 Å². The van der Waals surface area contributed by atoms with E-state index in [-0.39, 0.29) is 29.4 Å². The lowest BCUT2D eigenvalue weighted by Gasteiger charge is -2.17. The lowest BCUT2D eigenvalue weighted by molar-refractivity contribution is -0.189. The number of alkyl halides is 3. The van der Waals surface area contributed by atoms with Crippen LogP contribution in [0.5, 0.6) is 5.88 Å². The first-order chi connectivity index (χ1) is 14.6. The number of hydrogen-bond donors (Lipinski definition) is 1. The summed E-state index contributed by atoms with van der Waals surface area (Å²) in [5.41, 5.74) is 2.31. The molecule has 156 valence electrons. The summed E-state index contributed by atoms with van der Waals surface area (Å²) >= 11 is 0. The first-order valence-electron chi connectivity index (χ1n) is 10.1. The van der Waals surface area contributed by atoms with Gasteiger partial charge in [-0.2, -0.15) is 18.3 Å². The Labute approximate surface area is 172 Å². The molecule has 1 aromatic heterocycles. The van der Waals surface area contributed by atoms with Gasteiger partial charge < -0.3 is 10.1 Å². The molecule has 1 saturated carbocycles. The van der Waals surface area contributed by atoms with Crippen LogP contribution in [0.25, 0.3) is 21.9 Å². The van der Waals surface area contributed by atoms with Crippen molar-refractivity contribution in [1.29, 1.82) is 0 Å². The number of nitrogens with one attached hydrogen (secondary N) is 1. The second-order valence-corrected chi connectivity index (χ2v) is 7.43. The summed E-state index contributed by atoms with van der Waals surface area (Å²) in [7, 11) is 0. The molecule has 1 heterocycles. The first kappa shape index (κ1) is 18.8. The number of aromatic nitrogens is 2. The lowest BCUT2D eigenvalue weighted by Crippen LogP contribution is -2.31. The summed E-state index contributed by atoms with van der Waals surface area (Å²) in [5.74, 6) is -0.494. The number of rotatable bonds is 5. The van der Waals surface area contributed by atoms with E-state index in [4.69, 9.17) is 6.11 Å². The Balaban J connectivity index is 1.73. The fraction of sp³-hybridized carbons (Fsp3) is 0.318. The van der Waals surface area contributed by atoms with E-state index in [9.17, 15) is 18.0 Å². The SMILES string of the molecule is [2H]c1c(C(=O)NC2CC2)ccc(C)c1-c1ccc2c(OC(C)C(F)(F)F)nncc2c1. The number of carbonyl (C=O) groups excluding carboxylic acids is 1. The van der Waals surface area contributed by atoms with Crippen molar-refractivity contribution in [3.8, 4) is 17.0 Å². The normalized spacial score (nSPS) is 15.6. The molecule has 1 amide bonds. The molecule has 1 aliphatic rings. The average molecular weight is 416 g/mol. The van der Waals surface area contributed by atoms with Crippen LogP contribution < -0.4 is 10.1 Å². The maximum Gasteiger partial charge on any atom is 0.425 e. The van der Waals surface area contributed by atoms with Crippen molar-refractivity contribution in [2.75, 3.05) is 0 Å².